The van der Waals surface area contributed by atoms with Gasteiger partial charge in [-0.15, -0.1) is 0 Å². The van der Waals surface area contributed by atoms with E-state index < -0.39 is 6.10 Å². The van der Waals surface area contributed by atoms with Gasteiger partial charge in [-0.25, -0.2) is 0 Å². The normalized spacial score (nSPS) is 16.7. The van der Waals surface area contributed by atoms with Crippen LogP contribution < -0.4 is 9.64 Å². The third kappa shape index (κ3) is 5.49. The molecule has 1 aliphatic heterocycles. The molecule has 2 aromatic rings. The lowest BCUT2D eigenvalue weighted by atomic mass is 10.1. The first kappa shape index (κ1) is 23.3. The van der Waals surface area contributed by atoms with Crippen molar-refractivity contribution in [1.82, 2.24) is 0 Å². The smallest absolute Gasteiger partial charge is 0.271 e. The van der Waals surface area contributed by atoms with E-state index >= 15 is 0 Å². The van der Waals surface area contributed by atoms with Crippen molar-refractivity contribution in [3.05, 3.63) is 63.5 Å². The molecule has 31 heavy (non-hydrogen) atoms. The van der Waals surface area contributed by atoms with Gasteiger partial charge in [0.05, 0.1) is 28.8 Å². The zero-order valence-corrected chi connectivity index (χ0v) is 19.0. The summed E-state index contributed by atoms with van der Waals surface area (Å²) in [5.74, 6) is 0.222. The number of carbonyl (C=O) groups excluding carboxylic acids is 1. The van der Waals surface area contributed by atoms with Gasteiger partial charge in [0.25, 0.3) is 5.91 Å². The third-order valence-electron chi connectivity index (χ3n) is 4.59. The summed E-state index contributed by atoms with van der Waals surface area (Å²) in [5.41, 5.74) is 2.55. The van der Waals surface area contributed by atoms with E-state index in [4.69, 9.17) is 16.3 Å². The van der Waals surface area contributed by atoms with Crippen LogP contribution in [0.25, 0.3) is 6.08 Å². The van der Waals surface area contributed by atoms with Crippen LogP contribution >= 0.6 is 23.4 Å². The fourth-order valence-electron chi connectivity index (χ4n) is 2.98. The number of aliphatic hydroxyl groups is 2. The number of aryl methyl sites for hydroxylation is 1. The number of carbonyl (C=O) groups is 1. The molecule has 1 heterocycles. The maximum atomic E-state index is 13.3. The Balaban J connectivity index is 1.91. The molecule has 2 aromatic carbocycles. The number of nitrogens with zero attached hydrogens (tertiary/aromatic N) is 2. The summed E-state index contributed by atoms with van der Waals surface area (Å²) in [7, 11) is 0. The van der Waals surface area contributed by atoms with Crippen molar-refractivity contribution in [2.45, 2.75) is 26.4 Å². The molecular weight excluding hydrogens is 436 g/mol. The van der Waals surface area contributed by atoms with E-state index in [0.717, 1.165) is 23.2 Å². The molecule has 0 bridgehead atoms. The Morgan fingerprint density at radius 3 is 2.61 bits per heavy atom. The summed E-state index contributed by atoms with van der Waals surface area (Å²) < 4.78 is 5.49. The average molecular weight is 461 g/mol. The van der Waals surface area contributed by atoms with Crippen LogP contribution in [0.3, 0.4) is 0 Å². The predicted octanol–water partition coefficient (Wildman–Crippen LogP) is 4.27. The molecule has 0 atom stereocenters. The van der Waals surface area contributed by atoms with Crippen molar-refractivity contribution in [3.8, 4) is 5.75 Å². The van der Waals surface area contributed by atoms with Gasteiger partial charge in [-0.3, -0.25) is 14.7 Å². The molecule has 1 amide bonds. The number of aliphatic hydroxyl groups excluding tert-OH is 2. The topological polar surface area (TPSA) is 82.4 Å². The number of amides is 1. The number of hydrogen-bond acceptors (Lipinski definition) is 6. The molecule has 8 heteroatoms. The number of para-hydroxylation sites is 1. The van der Waals surface area contributed by atoms with Gasteiger partial charge in [0.1, 0.15) is 11.9 Å². The first-order valence-corrected chi connectivity index (χ1v) is 11.2. The van der Waals surface area contributed by atoms with Crippen LogP contribution in [0.15, 0.2) is 52.4 Å². The number of aliphatic imine (C=N–C) groups is 1. The number of thioether (sulfide) groups is 1. The highest BCUT2D eigenvalue weighted by atomic mass is 35.5. The monoisotopic (exact) mass is 460 g/mol. The van der Waals surface area contributed by atoms with Gasteiger partial charge in [-0.05, 0) is 60.5 Å². The van der Waals surface area contributed by atoms with Crippen molar-refractivity contribution in [3.63, 3.8) is 0 Å². The Morgan fingerprint density at radius 1 is 1.23 bits per heavy atom. The SMILES string of the molecule is CCCN=C1SC(=Cc2ccc(OC(CO)CO)c(Cl)c2)C(=O)N1c1ccccc1C. The van der Waals surface area contributed by atoms with Gasteiger partial charge >= 0.3 is 0 Å². The van der Waals surface area contributed by atoms with Crippen molar-refractivity contribution in [2.75, 3.05) is 24.7 Å². The fourth-order valence-corrected chi connectivity index (χ4v) is 4.21. The molecule has 0 spiro atoms. The number of ether oxygens (including phenoxy) is 1. The lowest BCUT2D eigenvalue weighted by Gasteiger charge is -2.18. The Hall–Kier alpha value is -2.32. The lowest BCUT2D eigenvalue weighted by molar-refractivity contribution is -0.113. The van der Waals surface area contributed by atoms with Crippen LogP contribution in [0.2, 0.25) is 5.02 Å². The standard InChI is InChI=1S/C23H25ClN2O4S/c1-3-10-25-23-26(19-7-5-4-6-15(19)2)22(29)21(31-23)12-16-8-9-20(18(24)11-16)30-17(13-27)14-28/h4-9,11-12,17,27-28H,3,10,13-14H2,1-2H3. The van der Waals surface area contributed by atoms with Gasteiger partial charge in [0.15, 0.2) is 5.17 Å². The maximum Gasteiger partial charge on any atom is 0.271 e. The molecule has 3 rings (SSSR count). The number of rotatable bonds is 8. The lowest BCUT2D eigenvalue weighted by Crippen LogP contribution is -2.29. The van der Waals surface area contributed by atoms with Gasteiger partial charge in [-0.2, -0.15) is 0 Å². The van der Waals surface area contributed by atoms with Crippen LogP contribution in [0.5, 0.6) is 5.75 Å². The van der Waals surface area contributed by atoms with Crippen molar-refractivity contribution in [1.29, 1.82) is 0 Å². The van der Waals surface area contributed by atoms with E-state index in [2.05, 4.69) is 4.99 Å². The average Bonchev–Trinajstić information content (AvgIpc) is 3.07. The van der Waals surface area contributed by atoms with Crippen LogP contribution in [0.4, 0.5) is 5.69 Å². The minimum absolute atomic E-state index is 0.133. The number of halogens is 1. The van der Waals surface area contributed by atoms with E-state index in [-0.39, 0.29) is 19.1 Å². The second-order valence-corrected chi connectivity index (χ2v) is 8.41. The highest BCUT2D eigenvalue weighted by Gasteiger charge is 2.35. The molecule has 1 aliphatic rings. The van der Waals surface area contributed by atoms with E-state index in [9.17, 15) is 15.0 Å². The second kappa shape index (κ2) is 10.8. The molecule has 0 aromatic heterocycles. The molecule has 1 fully saturated rings. The number of amidine groups is 1. The summed E-state index contributed by atoms with van der Waals surface area (Å²) in [6.45, 7) is 4.01. The molecule has 6 nitrogen and oxygen atoms in total. The number of hydrogen-bond donors (Lipinski definition) is 2. The predicted molar refractivity (Wildman–Crippen MR) is 127 cm³/mol. The summed E-state index contributed by atoms with van der Waals surface area (Å²) in [6.07, 6.45) is 1.92. The summed E-state index contributed by atoms with van der Waals surface area (Å²) >= 11 is 7.65. The Morgan fingerprint density at radius 2 is 1.97 bits per heavy atom. The first-order valence-electron chi connectivity index (χ1n) is 10.0. The highest BCUT2D eigenvalue weighted by molar-refractivity contribution is 8.19. The summed E-state index contributed by atoms with van der Waals surface area (Å²) in [5, 5.41) is 19.4. The van der Waals surface area contributed by atoms with Crippen LogP contribution in [0, 0.1) is 6.92 Å². The molecule has 164 valence electrons. The molecule has 2 N–H and O–H groups in total. The molecule has 1 saturated heterocycles. The number of benzene rings is 2. The van der Waals surface area contributed by atoms with Gasteiger partial charge in [-0.1, -0.05) is 42.8 Å². The van der Waals surface area contributed by atoms with Crippen LogP contribution in [-0.4, -0.2) is 47.2 Å². The highest BCUT2D eigenvalue weighted by Crippen LogP contribution is 2.38. The van der Waals surface area contributed by atoms with Crippen molar-refractivity contribution >= 4 is 46.2 Å². The fraction of sp³-hybridized carbons (Fsp3) is 0.304. The minimum atomic E-state index is -0.742. The Bertz CT molecular complexity index is 1000. The second-order valence-electron chi connectivity index (χ2n) is 7.00. The zero-order valence-electron chi connectivity index (χ0n) is 17.4. The van der Waals surface area contributed by atoms with Gasteiger partial charge < -0.3 is 14.9 Å². The molecule has 0 aliphatic carbocycles. The van der Waals surface area contributed by atoms with Gasteiger partial charge in [0.2, 0.25) is 0 Å². The minimum Gasteiger partial charge on any atom is -0.484 e. The maximum absolute atomic E-state index is 13.3. The molecule has 0 unspecified atom stereocenters. The van der Waals surface area contributed by atoms with Crippen LogP contribution in [-0.2, 0) is 4.79 Å². The van der Waals surface area contributed by atoms with Gasteiger partial charge in [0, 0.05) is 6.54 Å². The van der Waals surface area contributed by atoms with E-state index in [1.165, 1.54) is 11.8 Å². The van der Waals surface area contributed by atoms with E-state index in [1.54, 1.807) is 29.2 Å². The molecule has 0 saturated carbocycles. The summed E-state index contributed by atoms with van der Waals surface area (Å²) in [4.78, 5) is 20.1. The largest absolute Gasteiger partial charge is 0.484 e. The van der Waals surface area contributed by atoms with Crippen LogP contribution in [0.1, 0.15) is 24.5 Å². The van der Waals surface area contributed by atoms with Crippen molar-refractivity contribution < 1.29 is 19.7 Å². The Kier molecular flexibility index (Phi) is 8.15. The first-order chi connectivity index (χ1) is 15.0. The molecular formula is C23H25ClN2O4S. The summed E-state index contributed by atoms with van der Waals surface area (Å²) in [6, 6.07) is 12.8. The van der Waals surface area contributed by atoms with Crippen molar-refractivity contribution in [2.24, 2.45) is 4.99 Å². The quantitative estimate of drug-likeness (QED) is 0.575. The van der Waals surface area contributed by atoms with E-state index in [1.807, 2.05) is 38.1 Å². The zero-order chi connectivity index (χ0) is 22.4. The Labute approximate surface area is 191 Å². The third-order valence-corrected chi connectivity index (χ3v) is 5.89. The van der Waals surface area contributed by atoms with E-state index in [0.29, 0.717) is 27.4 Å². The molecule has 0 radical (unpaired) electrons. The number of anilines is 1.